The Morgan fingerprint density at radius 2 is 2.00 bits per heavy atom. The number of rotatable bonds is 8. The Hall–Kier alpha value is -1.48. The van der Waals surface area contributed by atoms with E-state index in [1.807, 2.05) is 25.1 Å². The fourth-order valence-corrected chi connectivity index (χ4v) is 1.42. The molecule has 0 aromatic heterocycles. The summed E-state index contributed by atoms with van der Waals surface area (Å²) >= 11 is 0. The Morgan fingerprint density at radius 1 is 1.18 bits per heavy atom. The molecule has 17 heavy (non-hydrogen) atoms. The van der Waals surface area contributed by atoms with Crippen LogP contribution in [0.4, 0.5) is 0 Å². The van der Waals surface area contributed by atoms with Gasteiger partial charge in [-0.05, 0) is 24.6 Å². The third-order valence-corrected chi connectivity index (χ3v) is 2.25. The van der Waals surface area contributed by atoms with Crippen molar-refractivity contribution < 1.29 is 14.2 Å². The zero-order valence-electron chi connectivity index (χ0n) is 10.6. The van der Waals surface area contributed by atoms with Gasteiger partial charge >= 0.3 is 0 Å². The monoisotopic (exact) mass is 236 g/mol. The summed E-state index contributed by atoms with van der Waals surface area (Å²) in [5.41, 5.74) is 1.03. The molecule has 0 saturated heterocycles. The molecule has 0 amide bonds. The first kappa shape index (κ1) is 13.6. The van der Waals surface area contributed by atoms with Crippen molar-refractivity contribution in [1.82, 2.24) is 0 Å². The molecule has 94 valence electrons. The number of benzene rings is 1. The van der Waals surface area contributed by atoms with Crippen LogP contribution in [0.5, 0.6) is 11.5 Å². The molecular formula is C14H20O3. The van der Waals surface area contributed by atoms with Crippen LogP contribution in [-0.2, 0) is 4.74 Å². The summed E-state index contributed by atoms with van der Waals surface area (Å²) in [7, 11) is 1.69. The van der Waals surface area contributed by atoms with Gasteiger partial charge in [-0.1, -0.05) is 18.7 Å². The van der Waals surface area contributed by atoms with Gasteiger partial charge < -0.3 is 14.2 Å². The second-order valence-corrected chi connectivity index (χ2v) is 3.54. The van der Waals surface area contributed by atoms with Crippen molar-refractivity contribution in [2.75, 3.05) is 26.9 Å². The van der Waals surface area contributed by atoms with Gasteiger partial charge in [-0.2, -0.15) is 0 Å². The molecule has 0 saturated carbocycles. The van der Waals surface area contributed by atoms with E-state index in [2.05, 4.69) is 6.58 Å². The van der Waals surface area contributed by atoms with Crippen molar-refractivity contribution >= 4 is 6.08 Å². The van der Waals surface area contributed by atoms with Crippen molar-refractivity contribution in [3.05, 3.63) is 30.3 Å². The lowest BCUT2D eigenvalue weighted by atomic mass is 10.2. The highest BCUT2D eigenvalue weighted by molar-refractivity contribution is 5.54. The number of hydrogen-bond acceptors (Lipinski definition) is 3. The molecule has 3 nitrogen and oxygen atoms in total. The van der Waals surface area contributed by atoms with Gasteiger partial charge in [0.15, 0.2) is 11.5 Å². The molecule has 0 fully saturated rings. The molecule has 0 spiro atoms. The lowest BCUT2D eigenvalue weighted by Gasteiger charge is -2.12. The summed E-state index contributed by atoms with van der Waals surface area (Å²) in [5, 5.41) is 0. The van der Waals surface area contributed by atoms with E-state index in [9.17, 15) is 0 Å². The maximum atomic E-state index is 5.65. The highest BCUT2D eigenvalue weighted by Gasteiger charge is 2.05. The molecule has 0 bridgehead atoms. The Kier molecular flexibility index (Phi) is 6.18. The van der Waals surface area contributed by atoms with Crippen molar-refractivity contribution in [2.45, 2.75) is 13.3 Å². The van der Waals surface area contributed by atoms with Crippen LogP contribution in [0.15, 0.2) is 24.8 Å². The van der Waals surface area contributed by atoms with Gasteiger partial charge in [0.2, 0.25) is 0 Å². The molecular weight excluding hydrogens is 216 g/mol. The summed E-state index contributed by atoms with van der Waals surface area (Å²) in [5.74, 6) is 1.54. The maximum absolute atomic E-state index is 5.65. The Morgan fingerprint density at radius 3 is 2.65 bits per heavy atom. The average molecular weight is 236 g/mol. The predicted molar refractivity (Wildman–Crippen MR) is 69.7 cm³/mol. The number of methoxy groups -OCH3 is 1. The average Bonchev–Trinajstić information content (AvgIpc) is 2.36. The fourth-order valence-electron chi connectivity index (χ4n) is 1.42. The summed E-state index contributed by atoms with van der Waals surface area (Å²) < 4.78 is 16.2. The van der Waals surface area contributed by atoms with Crippen LogP contribution in [-0.4, -0.2) is 26.9 Å². The van der Waals surface area contributed by atoms with E-state index in [1.54, 1.807) is 13.2 Å². The van der Waals surface area contributed by atoms with Crippen molar-refractivity contribution in [3.63, 3.8) is 0 Å². The quantitative estimate of drug-likeness (QED) is 0.649. The van der Waals surface area contributed by atoms with E-state index in [1.165, 1.54) is 0 Å². The third kappa shape index (κ3) is 4.49. The minimum atomic E-state index is 0.620. The van der Waals surface area contributed by atoms with Crippen molar-refractivity contribution in [3.8, 4) is 11.5 Å². The normalized spacial score (nSPS) is 10.0. The van der Waals surface area contributed by atoms with E-state index in [0.717, 1.165) is 23.5 Å². The summed E-state index contributed by atoms with van der Waals surface area (Å²) in [6, 6.07) is 5.80. The zero-order valence-corrected chi connectivity index (χ0v) is 10.6. The van der Waals surface area contributed by atoms with Gasteiger partial charge in [0.1, 0.15) is 0 Å². The first-order valence-corrected chi connectivity index (χ1v) is 5.82. The maximum Gasteiger partial charge on any atom is 0.161 e. The highest BCUT2D eigenvalue weighted by Crippen LogP contribution is 2.28. The summed E-state index contributed by atoms with van der Waals surface area (Å²) in [6.45, 7) is 7.64. The number of hydrogen-bond donors (Lipinski definition) is 0. The summed E-state index contributed by atoms with van der Waals surface area (Å²) in [4.78, 5) is 0. The second kappa shape index (κ2) is 7.74. The number of ether oxygens (including phenoxy) is 3. The van der Waals surface area contributed by atoms with Crippen molar-refractivity contribution in [2.24, 2.45) is 0 Å². The van der Waals surface area contributed by atoms with Crippen LogP contribution >= 0.6 is 0 Å². The van der Waals surface area contributed by atoms with E-state index in [0.29, 0.717) is 19.8 Å². The molecule has 0 aliphatic carbocycles. The molecule has 1 aromatic carbocycles. The van der Waals surface area contributed by atoms with Gasteiger partial charge in [0.05, 0.1) is 13.2 Å². The van der Waals surface area contributed by atoms with Gasteiger partial charge in [0.25, 0.3) is 0 Å². The lowest BCUT2D eigenvalue weighted by molar-refractivity contribution is 0.170. The Bertz CT molecular complexity index is 347. The van der Waals surface area contributed by atoms with Crippen molar-refractivity contribution in [1.29, 1.82) is 0 Å². The minimum Gasteiger partial charge on any atom is -0.490 e. The lowest BCUT2D eigenvalue weighted by Crippen LogP contribution is -2.03. The smallest absolute Gasteiger partial charge is 0.161 e. The van der Waals surface area contributed by atoms with Gasteiger partial charge in [-0.25, -0.2) is 0 Å². The molecule has 0 aliphatic heterocycles. The molecule has 0 N–H and O–H groups in total. The van der Waals surface area contributed by atoms with Crippen LogP contribution in [0.3, 0.4) is 0 Å². The molecule has 0 aliphatic rings. The van der Waals surface area contributed by atoms with Crippen LogP contribution in [0, 0.1) is 0 Å². The van der Waals surface area contributed by atoms with Gasteiger partial charge in [-0.15, -0.1) is 0 Å². The standard InChI is InChI=1S/C14H20O3/c1-4-12-7-8-13(14(11-12)16-5-2)17-10-6-9-15-3/h4,7-8,11H,1,5-6,9-10H2,2-3H3. The van der Waals surface area contributed by atoms with Crippen LogP contribution in [0.2, 0.25) is 0 Å². The van der Waals surface area contributed by atoms with E-state index in [-0.39, 0.29) is 0 Å². The predicted octanol–water partition coefficient (Wildman–Crippen LogP) is 3.14. The SMILES string of the molecule is C=Cc1ccc(OCCCOC)c(OCC)c1. The molecule has 1 rings (SSSR count). The topological polar surface area (TPSA) is 27.7 Å². The first-order valence-electron chi connectivity index (χ1n) is 5.82. The molecule has 1 aromatic rings. The first-order chi connectivity index (χ1) is 8.31. The molecule has 0 atom stereocenters. The molecule has 0 heterocycles. The molecule has 0 unspecified atom stereocenters. The van der Waals surface area contributed by atoms with Crippen LogP contribution in [0.25, 0.3) is 6.08 Å². The zero-order chi connectivity index (χ0) is 12.5. The molecule has 0 radical (unpaired) electrons. The van der Waals surface area contributed by atoms with Crippen LogP contribution < -0.4 is 9.47 Å². The second-order valence-electron chi connectivity index (χ2n) is 3.54. The highest BCUT2D eigenvalue weighted by atomic mass is 16.5. The van der Waals surface area contributed by atoms with E-state index < -0.39 is 0 Å². The third-order valence-electron chi connectivity index (χ3n) is 2.25. The Balaban J connectivity index is 2.65. The van der Waals surface area contributed by atoms with E-state index >= 15 is 0 Å². The summed E-state index contributed by atoms with van der Waals surface area (Å²) in [6.07, 6.45) is 2.66. The molecule has 3 heteroatoms. The van der Waals surface area contributed by atoms with Crippen LogP contribution in [0.1, 0.15) is 18.9 Å². The largest absolute Gasteiger partial charge is 0.490 e. The Labute approximate surface area is 103 Å². The fraction of sp³-hybridized carbons (Fsp3) is 0.429. The minimum absolute atomic E-state index is 0.620. The van der Waals surface area contributed by atoms with Gasteiger partial charge in [0, 0.05) is 20.1 Å². The van der Waals surface area contributed by atoms with Gasteiger partial charge in [-0.3, -0.25) is 0 Å². The van der Waals surface area contributed by atoms with E-state index in [4.69, 9.17) is 14.2 Å².